The second-order valence-electron chi connectivity index (χ2n) is 4.53. The second-order valence-corrected chi connectivity index (χ2v) is 4.53. The highest BCUT2D eigenvalue weighted by Gasteiger charge is 2.32. The van der Waals surface area contributed by atoms with Gasteiger partial charge in [0.2, 0.25) is 5.91 Å². The minimum Gasteiger partial charge on any atom is -0.480 e. The molecule has 4 nitrogen and oxygen atoms in total. The first-order valence-corrected chi connectivity index (χ1v) is 4.92. The average molecular weight is 213 g/mol. The van der Waals surface area contributed by atoms with Crippen LogP contribution in [0.15, 0.2) is 12.7 Å². The van der Waals surface area contributed by atoms with Crippen molar-refractivity contribution in [1.82, 2.24) is 5.32 Å². The molecule has 1 atom stereocenters. The zero-order chi connectivity index (χ0) is 12.1. The van der Waals surface area contributed by atoms with Crippen LogP contribution in [0.25, 0.3) is 0 Å². The first-order chi connectivity index (χ1) is 6.79. The van der Waals surface area contributed by atoms with Crippen molar-refractivity contribution in [3.8, 4) is 0 Å². The zero-order valence-corrected chi connectivity index (χ0v) is 9.54. The number of allylic oxidation sites excluding steroid dienone is 1. The normalized spacial score (nSPS) is 13.0. The molecule has 0 aliphatic rings. The van der Waals surface area contributed by atoms with Gasteiger partial charge in [0, 0.05) is 6.42 Å². The van der Waals surface area contributed by atoms with Gasteiger partial charge in [0.15, 0.2) is 0 Å². The van der Waals surface area contributed by atoms with Crippen LogP contribution >= 0.6 is 0 Å². The van der Waals surface area contributed by atoms with Gasteiger partial charge in [-0.25, -0.2) is 4.79 Å². The summed E-state index contributed by atoms with van der Waals surface area (Å²) in [6, 6.07) is -0.852. The van der Waals surface area contributed by atoms with Crippen molar-refractivity contribution < 1.29 is 14.7 Å². The third kappa shape index (κ3) is 5.20. The van der Waals surface area contributed by atoms with Crippen LogP contribution in [-0.4, -0.2) is 23.0 Å². The monoisotopic (exact) mass is 213 g/mol. The summed E-state index contributed by atoms with van der Waals surface area (Å²) in [5.41, 5.74) is -0.490. The number of carboxylic acid groups (broad SMARTS) is 1. The molecule has 0 unspecified atom stereocenters. The molecule has 0 fully saturated rings. The molecule has 1 amide bonds. The molecule has 0 radical (unpaired) electrons. The Morgan fingerprint density at radius 3 is 2.33 bits per heavy atom. The minimum atomic E-state index is -1.01. The average Bonchev–Trinajstić information content (AvgIpc) is 2.08. The molecule has 0 saturated heterocycles. The summed E-state index contributed by atoms with van der Waals surface area (Å²) in [5, 5.41) is 11.5. The summed E-state index contributed by atoms with van der Waals surface area (Å²) in [6.45, 7) is 8.83. The Bertz CT molecular complexity index is 253. The Balaban J connectivity index is 4.37. The van der Waals surface area contributed by atoms with Gasteiger partial charge in [-0.1, -0.05) is 26.8 Å². The van der Waals surface area contributed by atoms with Crippen molar-refractivity contribution >= 4 is 11.9 Å². The van der Waals surface area contributed by atoms with Crippen LogP contribution in [0, 0.1) is 5.41 Å². The Kier molecular flexibility index (Phi) is 5.05. The highest BCUT2D eigenvalue weighted by Crippen LogP contribution is 2.19. The molecule has 86 valence electrons. The lowest BCUT2D eigenvalue weighted by atomic mass is 9.86. The molecule has 0 saturated carbocycles. The summed E-state index contributed by atoms with van der Waals surface area (Å²) in [5.74, 6) is -1.26. The molecular formula is C11H19NO3. The Morgan fingerprint density at radius 2 is 2.00 bits per heavy atom. The fourth-order valence-electron chi connectivity index (χ4n) is 1.11. The predicted octanol–water partition coefficient (Wildman–Crippen LogP) is 1.57. The second kappa shape index (κ2) is 5.53. The molecule has 0 heterocycles. The number of carbonyl (C=O) groups is 2. The van der Waals surface area contributed by atoms with Gasteiger partial charge in [0.25, 0.3) is 0 Å². The van der Waals surface area contributed by atoms with E-state index in [0.717, 1.165) is 0 Å². The van der Waals surface area contributed by atoms with E-state index in [4.69, 9.17) is 5.11 Å². The van der Waals surface area contributed by atoms with Crippen LogP contribution in [0.1, 0.15) is 33.6 Å². The standard InChI is InChI=1S/C11H19NO3/c1-5-6-7-8(13)12-9(10(14)15)11(2,3)4/h5,9H,1,6-7H2,2-4H3,(H,12,13)(H,14,15)/t9-/m1/s1. The third-order valence-corrected chi connectivity index (χ3v) is 1.99. The minimum absolute atomic E-state index is 0.253. The lowest BCUT2D eigenvalue weighted by Crippen LogP contribution is -2.49. The van der Waals surface area contributed by atoms with Crippen LogP contribution in [0.5, 0.6) is 0 Å². The largest absolute Gasteiger partial charge is 0.480 e. The number of nitrogens with one attached hydrogen (secondary N) is 1. The highest BCUT2D eigenvalue weighted by molar-refractivity contribution is 5.84. The molecule has 0 rings (SSSR count). The van der Waals surface area contributed by atoms with Crippen molar-refractivity contribution in [2.45, 2.75) is 39.7 Å². The zero-order valence-electron chi connectivity index (χ0n) is 9.54. The van der Waals surface area contributed by atoms with Gasteiger partial charge in [-0.2, -0.15) is 0 Å². The van der Waals surface area contributed by atoms with Crippen LogP contribution < -0.4 is 5.32 Å². The van der Waals surface area contributed by atoms with E-state index in [-0.39, 0.29) is 12.3 Å². The van der Waals surface area contributed by atoms with E-state index in [1.807, 2.05) is 0 Å². The molecule has 0 aromatic heterocycles. The Labute approximate surface area is 90.4 Å². The van der Waals surface area contributed by atoms with E-state index < -0.39 is 17.4 Å². The van der Waals surface area contributed by atoms with E-state index in [0.29, 0.717) is 6.42 Å². The lowest BCUT2D eigenvalue weighted by Gasteiger charge is -2.27. The summed E-state index contributed by atoms with van der Waals surface area (Å²) in [4.78, 5) is 22.3. The molecular weight excluding hydrogens is 194 g/mol. The van der Waals surface area contributed by atoms with Crippen LogP contribution in [0.2, 0.25) is 0 Å². The van der Waals surface area contributed by atoms with Gasteiger partial charge in [0.1, 0.15) is 6.04 Å². The first-order valence-electron chi connectivity index (χ1n) is 4.92. The van der Waals surface area contributed by atoms with E-state index in [2.05, 4.69) is 11.9 Å². The SMILES string of the molecule is C=CCCC(=O)N[C@H](C(=O)O)C(C)(C)C. The number of aliphatic carboxylic acids is 1. The fraction of sp³-hybridized carbons (Fsp3) is 0.636. The maximum Gasteiger partial charge on any atom is 0.326 e. The number of rotatable bonds is 5. The van der Waals surface area contributed by atoms with Crippen molar-refractivity contribution in [2.24, 2.45) is 5.41 Å². The molecule has 0 aromatic carbocycles. The fourth-order valence-corrected chi connectivity index (χ4v) is 1.11. The van der Waals surface area contributed by atoms with E-state index >= 15 is 0 Å². The van der Waals surface area contributed by atoms with Gasteiger partial charge in [0.05, 0.1) is 0 Å². The van der Waals surface area contributed by atoms with Gasteiger partial charge in [-0.15, -0.1) is 6.58 Å². The molecule has 4 heteroatoms. The quantitative estimate of drug-likeness (QED) is 0.681. The van der Waals surface area contributed by atoms with E-state index in [1.165, 1.54) is 0 Å². The first kappa shape index (κ1) is 13.7. The summed E-state index contributed by atoms with van der Waals surface area (Å²) >= 11 is 0. The van der Waals surface area contributed by atoms with Crippen molar-refractivity contribution in [2.75, 3.05) is 0 Å². The predicted molar refractivity (Wildman–Crippen MR) is 58.5 cm³/mol. The summed E-state index contributed by atoms with van der Waals surface area (Å²) in [7, 11) is 0. The number of carbonyl (C=O) groups excluding carboxylic acids is 1. The molecule has 15 heavy (non-hydrogen) atoms. The smallest absolute Gasteiger partial charge is 0.326 e. The van der Waals surface area contributed by atoms with Crippen molar-refractivity contribution in [3.63, 3.8) is 0 Å². The number of hydrogen-bond acceptors (Lipinski definition) is 2. The molecule has 0 bridgehead atoms. The molecule has 0 spiro atoms. The highest BCUT2D eigenvalue weighted by atomic mass is 16.4. The molecule has 0 aliphatic carbocycles. The molecule has 2 N–H and O–H groups in total. The third-order valence-electron chi connectivity index (χ3n) is 1.99. The van der Waals surface area contributed by atoms with Crippen LogP contribution in [0.3, 0.4) is 0 Å². The Hall–Kier alpha value is -1.32. The lowest BCUT2D eigenvalue weighted by molar-refractivity contribution is -0.144. The van der Waals surface area contributed by atoms with Gasteiger partial charge < -0.3 is 10.4 Å². The van der Waals surface area contributed by atoms with Gasteiger partial charge >= 0.3 is 5.97 Å². The van der Waals surface area contributed by atoms with Gasteiger partial charge in [-0.3, -0.25) is 4.79 Å². The van der Waals surface area contributed by atoms with Crippen molar-refractivity contribution in [1.29, 1.82) is 0 Å². The summed E-state index contributed by atoms with van der Waals surface area (Å²) < 4.78 is 0. The number of amides is 1. The topological polar surface area (TPSA) is 66.4 Å². The maximum atomic E-state index is 11.3. The molecule has 0 aromatic rings. The van der Waals surface area contributed by atoms with Crippen LogP contribution in [0.4, 0.5) is 0 Å². The van der Waals surface area contributed by atoms with E-state index in [1.54, 1.807) is 26.8 Å². The summed E-state index contributed by atoms with van der Waals surface area (Å²) in [6.07, 6.45) is 2.47. The van der Waals surface area contributed by atoms with Gasteiger partial charge in [-0.05, 0) is 11.8 Å². The molecule has 0 aliphatic heterocycles. The Morgan fingerprint density at radius 1 is 1.47 bits per heavy atom. The van der Waals surface area contributed by atoms with Crippen LogP contribution in [-0.2, 0) is 9.59 Å². The maximum absolute atomic E-state index is 11.3. The number of carboxylic acids is 1. The number of hydrogen-bond donors (Lipinski definition) is 2. The van der Waals surface area contributed by atoms with E-state index in [9.17, 15) is 9.59 Å². The van der Waals surface area contributed by atoms with Crippen molar-refractivity contribution in [3.05, 3.63) is 12.7 Å².